The minimum absolute atomic E-state index is 0.155. The fraction of sp³-hybridized carbons (Fsp3) is 0.231. The molecule has 86 valence electrons. The number of anilines is 1. The first-order valence-electron chi connectivity index (χ1n) is 5.36. The summed E-state index contributed by atoms with van der Waals surface area (Å²) in [6.45, 7) is 3.98. The average Bonchev–Trinajstić information content (AvgIpc) is 2.82. The first kappa shape index (κ1) is 11.6. The first-order valence-corrected chi connectivity index (χ1v) is 6.31. The van der Waals surface area contributed by atoms with Gasteiger partial charge in [-0.1, -0.05) is 0 Å². The third-order valence-electron chi connectivity index (χ3n) is 2.67. The molecule has 0 spiro atoms. The molecule has 0 aliphatic heterocycles. The van der Waals surface area contributed by atoms with Crippen LogP contribution in [0.3, 0.4) is 0 Å². The molecule has 1 N–H and O–H groups in total. The van der Waals surface area contributed by atoms with Crippen LogP contribution in [0.25, 0.3) is 0 Å². The smallest absolute Gasteiger partial charge is 0.144 e. The lowest BCUT2D eigenvalue weighted by molar-refractivity contribution is 0.878. The molecule has 0 aromatic carbocycles. The van der Waals surface area contributed by atoms with Crippen molar-refractivity contribution in [1.29, 1.82) is 5.26 Å². The van der Waals surface area contributed by atoms with Crippen molar-refractivity contribution in [3.05, 3.63) is 45.8 Å². The van der Waals surface area contributed by atoms with E-state index in [1.807, 2.05) is 18.4 Å². The Hall–Kier alpha value is -1.86. The number of thiophene rings is 1. The van der Waals surface area contributed by atoms with Gasteiger partial charge in [0.2, 0.25) is 0 Å². The van der Waals surface area contributed by atoms with E-state index < -0.39 is 0 Å². The first-order chi connectivity index (χ1) is 8.22. The highest BCUT2D eigenvalue weighted by Crippen LogP contribution is 2.23. The molecule has 0 aliphatic carbocycles. The second-order valence-corrected chi connectivity index (χ2v) is 4.67. The van der Waals surface area contributed by atoms with Gasteiger partial charge in [-0.05, 0) is 47.9 Å². The zero-order valence-corrected chi connectivity index (χ0v) is 10.6. The number of hydrogen-bond donors (Lipinski definition) is 1. The number of rotatable bonds is 3. The van der Waals surface area contributed by atoms with Gasteiger partial charge in [0.1, 0.15) is 11.9 Å². The summed E-state index contributed by atoms with van der Waals surface area (Å²) in [5.74, 6) is 0.659. The molecule has 2 rings (SSSR count). The molecule has 0 saturated heterocycles. The lowest BCUT2D eigenvalue weighted by Gasteiger charge is -2.14. The molecule has 2 heterocycles. The molecule has 17 heavy (non-hydrogen) atoms. The Morgan fingerprint density at radius 1 is 1.47 bits per heavy atom. The molecular weight excluding hydrogens is 230 g/mol. The lowest BCUT2D eigenvalue weighted by atomic mass is 10.1. The van der Waals surface area contributed by atoms with Gasteiger partial charge in [0.05, 0.1) is 11.6 Å². The standard InChI is InChI=1S/C13H13N3S/c1-9-3-5-15-13(12(9)7-14)16-10(2)11-4-6-17-8-11/h3-6,8,10H,1-2H3,(H,15,16). The van der Waals surface area contributed by atoms with Crippen LogP contribution in [-0.4, -0.2) is 4.98 Å². The van der Waals surface area contributed by atoms with E-state index in [1.54, 1.807) is 17.5 Å². The van der Waals surface area contributed by atoms with Crippen molar-refractivity contribution in [2.45, 2.75) is 19.9 Å². The Balaban J connectivity index is 2.25. The fourth-order valence-corrected chi connectivity index (χ4v) is 2.37. The van der Waals surface area contributed by atoms with Gasteiger partial charge in [-0.3, -0.25) is 0 Å². The summed E-state index contributed by atoms with van der Waals surface area (Å²) in [7, 11) is 0. The van der Waals surface area contributed by atoms with Crippen LogP contribution in [0.15, 0.2) is 29.1 Å². The molecule has 4 heteroatoms. The van der Waals surface area contributed by atoms with Crippen LogP contribution in [0.4, 0.5) is 5.82 Å². The maximum atomic E-state index is 9.11. The lowest BCUT2D eigenvalue weighted by Crippen LogP contribution is -2.09. The van der Waals surface area contributed by atoms with Crippen molar-refractivity contribution in [3.8, 4) is 6.07 Å². The summed E-state index contributed by atoms with van der Waals surface area (Å²) >= 11 is 1.67. The summed E-state index contributed by atoms with van der Waals surface area (Å²) < 4.78 is 0. The minimum Gasteiger partial charge on any atom is -0.362 e. The zero-order valence-electron chi connectivity index (χ0n) is 9.77. The maximum absolute atomic E-state index is 9.11. The predicted octanol–water partition coefficient (Wildman–Crippen LogP) is 3.50. The van der Waals surface area contributed by atoms with E-state index in [9.17, 15) is 0 Å². The Morgan fingerprint density at radius 3 is 2.94 bits per heavy atom. The molecule has 0 amide bonds. The number of nitrogens with one attached hydrogen (secondary N) is 1. The third kappa shape index (κ3) is 2.45. The predicted molar refractivity (Wildman–Crippen MR) is 70.0 cm³/mol. The van der Waals surface area contributed by atoms with E-state index in [0.29, 0.717) is 11.4 Å². The quantitative estimate of drug-likeness (QED) is 0.897. The Kier molecular flexibility index (Phi) is 3.40. The molecule has 1 unspecified atom stereocenters. The number of aromatic nitrogens is 1. The normalized spacial score (nSPS) is 11.8. The van der Waals surface area contributed by atoms with E-state index in [-0.39, 0.29) is 6.04 Å². The van der Waals surface area contributed by atoms with Gasteiger partial charge in [0, 0.05) is 6.20 Å². The van der Waals surface area contributed by atoms with Crippen LogP contribution in [0.1, 0.15) is 29.7 Å². The van der Waals surface area contributed by atoms with Gasteiger partial charge in [-0.25, -0.2) is 4.98 Å². The highest BCUT2D eigenvalue weighted by molar-refractivity contribution is 7.07. The number of aryl methyl sites for hydroxylation is 1. The van der Waals surface area contributed by atoms with Crippen LogP contribution in [0, 0.1) is 18.3 Å². The molecule has 0 saturated carbocycles. The topological polar surface area (TPSA) is 48.7 Å². The zero-order chi connectivity index (χ0) is 12.3. The molecule has 0 fully saturated rings. The van der Waals surface area contributed by atoms with E-state index in [1.165, 1.54) is 5.56 Å². The summed E-state index contributed by atoms with van der Waals surface area (Å²) in [4.78, 5) is 4.23. The van der Waals surface area contributed by atoms with Crippen LogP contribution in [0.2, 0.25) is 0 Å². The molecule has 0 radical (unpaired) electrons. The van der Waals surface area contributed by atoms with Crippen molar-refractivity contribution >= 4 is 17.2 Å². The number of pyridine rings is 1. The molecule has 2 aromatic rings. The average molecular weight is 243 g/mol. The van der Waals surface area contributed by atoms with Gasteiger partial charge in [0.25, 0.3) is 0 Å². The number of nitriles is 1. The van der Waals surface area contributed by atoms with Crippen molar-refractivity contribution in [2.24, 2.45) is 0 Å². The van der Waals surface area contributed by atoms with Crippen LogP contribution in [0.5, 0.6) is 0 Å². The van der Waals surface area contributed by atoms with E-state index >= 15 is 0 Å². The Bertz CT molecular complexity index is 540. The van der Waals surface area contributed by atoms with E-state index in [4.69, 9.17) is 5.26 Å². The van der Waals surface area contributed by atoms with E-state index in [2.05, 4.69) is 34.7 Å². The van der Waals surface area contributed by atoms with Crippen LogP contribution in [-0.2, 0) is 0 Å². The molecule has 1 atom stereocenters. The van der Waals surface area contributed by atoms with Gasteiger partial charge in [-0.15, -0.1) is 0 Å². The highest BCUT2D eigenvalue weighted by atomic mass is 32.1. The van der Waals surface area contributed by atoms with Crippen LogP contribution < -0.4 is 5.32 Å². The van der Waals surface area contributed by atoms with Gasteiger partial charge in [-0.2, -0.15) is 16.6 Å². The fourth-order valence-electron chi connectivity index (χ4n) is 1.62. The number of nitrogens with zero attached hydrogens (tertiary/aromatic N) is 2. The molecular formula is C13H13N3S. The second-order valence-electron chi connectivity index (χ2n) is 3.89. The summed E-state index contributed by atoms with van der Waals surface area (Å²) in [5.41, 5.74) is 2.78. The maximum Gasteiger partial charge on any atom is 0.144 e. The van der Waals surface area contributed by atoms with Gasteiger partial charge < -0.3 is 5.32 Å². The Labute approximate surface area is 105 Å². The third-order valence-corrected chi connectivity index (χ3v) is 3.37. The van der Waals surface area contributed by atoms with E-state index in [0.717, 1.165) is 5.56 Å². The molecule has 2 aromatic heterocycles. The van der Waals surface area contributed by atoms with Crippen molar-refractivity contribution in [1.82, 2.24) is 4.98 Å². The summed E-state index contributed by atoms with van der Waals surface area (Å²) in [6.07, 6.45) is 1.72. The molecule has 0 aliphatic rings. The van der Waals surface area contributed by atoms with Crippen molar-refractivity contribution < 1.29 is 0 Å². The highest BCUT2D eigenvalue weighted by Gasteiger charge is 2.11. The summed E-state index contributed by atoms with van der Waals surface area (Å²) in [5, 5.41) is 16.5. The van der Waals surface area contributed by atoms with Gasteiger partial charge in [0.15, 0.2) is 0 Å². The second kappa shape index (κ2) is 4.98. The summed E-state index contributed by atoms with van der Waals surface area (Å²) in [6, 6.07) is 6.27. The molecule has 0 bridgehead atoms. The largest absolute Gasteiger partial charge is 0.362 e. The monoisotopic (exact) mass is 243 g/mol. The van der Waals surface area contributed by atoms with Crippen LogP contribution >= 0.6 is 11.3 Å². The van der Waals surface area contributed by atoms with Gasteiger partial charge >= 0.3 is 0 Å². The minimum atomic E-state index is 0.155. The van der Waals surface area contributed by atoms with Crippen molar-refractivity contribution in [2.75, 3.05) is 5.32 Å². The molecule has 3 nitrogen and oxygen atoms in total. The Morgan fingerprint density at radius 2 is 2.29 bits per heavy atom. The number of hydrogen-bond acceptors (Lipinski definition) is 4. The SMILES string of the molecule is Cc1ccnc(NC(C)c2ccsc2)c1C#N. The van der Waals surface area contributed by atoms with Crippen molar-refractivity contribution in [3.63, 3.8) is 0 Å².